The van der Waals surface area contributed by atoms with Crippen molar-refractivity contribution in [2.24, 2.45) is 5.92 Å². The van der Waals surface area contributed by atoms with Crippen molar-refractivity contribution in [1.82, 2.24) is 4.90 Å². The van der Waals surface area contributed by atoms with Crippen LogP contribution in [0.25, 0.3) is 0 Å². The van der Waals surface area contributed by atoms with Crippen LogP contribution in [-0.2, 0) is 0 Å². The lowest BCUT2D eigenvalue weighted by atomic mass is 9.99. The molecule has 1 aliphatic rings. The SMILES string of the molecule is C/C=C\C(=N)N1CCC(C)CC1. The molecule has 0 aromatic carbocycles. The van der Waals surface area contributed by atoms with E-state index in [1.165, 1.54) is 12.8 Å². The molecule has 2 heteroatoms. The van der Waals surface area contributed by atoms with Gasteiger partial charge in [0.25, 0.3) is 0 Å². The summed E-state index contributed by atoms with van der Waals surface area (Å²) in [5.41, 5.74) is 0. The number of likely N-dealkylation sites (tertiary alicyclic amines) is 1. The number of amidine groups is 1. The lowest BCUT2D eigenvalue weighted by Gasteiger charge is -2.31. The number of rotatable bonds is 1. The van der Waals surface area contributed by atoms with E-state index in [2.05, 4.69) is 11.8 Å². The highest BCUT2D eigenvalue weighted by molar-refractivity contribution is 5.90. The second-order valence-corrected chi connectivity index (χ2v) is 3.55. The molecular formula is C10H18N2. The standard InChI is InChI=1S/C10H18N2/c1-3-4-10(11)12-7-5-9(2)6-8-12/h3-4,9,11H,5-8H2,1-2H3/b4-3-,11-10?. The van der Waals surface area contributed by atoms with Gasteiger partial charge in [-0.25, -0.2) is 0 Å². The topological polar surface area (TPSA) is 27.1 Å². The predicted molar refractivity (Wildman–Crippen MR) is 52.5 cm³/mol. The number of allylic oxidation sites excluding steroid dienone is 1. The van der Waals surface area contributed by atoms with Gasteiger partial charge in [0.2, 0.25) is 0 Å². The van der Waals surface area contributed by atoms with E-state index in [4.69, 9.17) is 5.41 Å². The van der Waals surface area contributed by atoms with Crippen molar-refractivity contribution in [2.45, 2.75) is 26.7 Å². The van der Waals surface area contributed by atoms with Crippen LogP contribution in [0.1, 0.15) is 26.7 Å². The fraction of sp³-hybridized carbons (Fsp3) is 0.700. The van der Waals surface area contributed by atoms with Crippen molar-refractivity contribution in [3.05, 3.63) is 12.2 Å². The Labute approximate surface area is 74.8 Å². The van der Waals surface area contributed by atoms with Crippen molar-refractivity contribution in [3.8, 4) is 0 Å². The van der Waals surface area contributed by atoms with Crippen molar-refractivity contribution < 1.29 is 0 Å². The Hall–Kier alpha value is -0.790. The van der Waals surface area contributed by atoms with Crippen LogP contribution in [0, 0.1) is 11.3 Å². The molecule has 12 heavy (non-hydrogen) atoms. The van der Waals surface area contributed by atoms with E-state index < -0.39 is 0 Å². The van der Waals surface area contributed by atoms with Gasteiger partial charge in [0, 0.05) is 13.1 Å². The molecular weight excluding hydrogens is 148 g/mol. The number of nitrogens with zero attached hydrogens (tertiary/aromatic N) is 1. The third kappa shape index (κ3) is 2.36. The summed E-state index contributed by atoms with van der Waals surface area (Å²) in [6, 6.07) is 0. The number of nitrogens with one attached hydrogen (secondary N) is 1. The average Bonchev–Trinajstić information content (AvgIpc) is 2.06. The fourth-order valence-corrected chi connectivity index (χ4v) is 1.51. The highest BCUT2D eigenvalue weighted by atomic mass is 15.2. The molecule has 1 aliphatic heterocycles. The quantitative estimate of drug-likeness (QED) is 0.469. The molecule has 0 radical (unpaired) electrons. The Bertz CT molecular complexity index is 176. The van der Waals surface area contributed by atoms with E-state index in [1.54, 1.807) is 0 Å². The predicted octanol–water partition coefficient (Wildman–Crippen LogP) is 2.27. The molecule has 1 saturated heterocycles. The Balaban J connectivity index is 2.39. The lowest BCUT2D eigenvalue weighted by Crippen LogP contribution is -2.36. The minimum atomic E-state index is 0.671. The minimum absolute atomic E-state index is 0.671. The summed E-state index contributed by atoms with van der Waals surface area (Å²) in [6.07, 6.45) is 6.27. The molecule has 0 saturated carbocycles. The van der Waals surface area contributed by atoms with E-state index in [0.717, 1.165) is 19.0 Å². The van der Waals surface area contributed by atoms with E-state index in [1.807, 2.05) is 19.1 Å². The van der Waals surface area contributed by atoms with Gasteiger partial charge in [-0.3, -0.25) is 5.41 Å². The van der Waals surface area contributed by atoms with E-state index in [9.17, 15) is 0 Å². The molecule has 1 fully saturated rings. The monoisotopic (exact) mass is 166 g/mol. The Morgan fingerprint density at radius 1 is 1.42 bits per heavy atom. The zero-order chi connectivity index (χ0) is 8.97. The molecule has 0 aromatic heterocycles. The number of hydrogen-bond donors (Lipinski definition) is 1. The molecule has 0 aromatic rings. The maximum Gasteiger partial charge on any atom is 0.120 e. The normalized spacial score (nSPS) is 20.3. The second-order valence-electron chi connectivity index (χ2n) is 3.55. The molecule has 0 atom stereocenters. The van der Waals surface area contributed by atoms with Gasteiger partial charge in [-0.05, 0) is 31.8 Å². The summed E-state index contributed by atoms with van der Waals surface area (Å²) in [6.45, 7) is 6.37. The Kier molecular flexibility index (Phi) is 3.32. The molecule has 0 spiro atoms. The van der Waals surface area contributed by atoms with Gasteiger partial charge in [0.05, 0.1) is 0 Å². The fourth-order valence-electron chi connectivity index (χ4n) is 1.51. The van der Waals surface area contributed by atoms with Crippen LogP contribution in [-0.4, -0.2) is 23.8 Å². The minimum Gasteiger partial charge on any atom is -0.357 e. The molecule has 1 N–H and O–H groups in total. The Morgan fingerprint density at radius 2 is 2.00 bits per heavy atom. The summed E-state index contributed by atoms with van der Waals surface area (Å²) in [5, 5.41) is 7.69. The molecule has 0 bridgehead atoms. The molecule has 2 nitrogen and oxygen atoms in total. The second kappa shape index (κ2) is 4.29. The highest BCUT2D eigenvalue weighted by Gasteiger charge is 2.15. The molecule has 1 rings (SSSR count). The van der Waals surface area contributed by atoms with Gasteiger partial charge < -0.3 is 4.90 Å². The first-order valence-corrected chi connectivity index (χ1v) is 4.70. The van der Waals surface area contributed by atoms with Crippen molar-refractivity contribution in [2.75, 3.05) is 13.1 Å². The summed E-state index contributed by atoms with van der Waals surface area (Å²) in [5.74, 6) is 1.52. The summed E-state index contributed by atoms with van der Waals surface area (Å²) < 4.78 is 0. The summed E-state index contributed by atoms with van der Waals surface area (Å²) in [4.78, 5) is 2.15. The average molecular weight is 166 g/mol. The first kappa shape index (κ1) is 9.30. The molecule has 0 unspecified atom stereocenters. The zero-order valence-electron chi connectivity index (χ0n) is 8.01. The maximum absolute atomic E-state index is 7.69. The summed E-state index contributed by atoms with van der Waals surface area (Å²) >= 11 is 0. The first-order valence-electron chi connectivity index (χ1n) is 4.70. The summed E-state index contributed by atoms with van der Waals surface area (Å²) in [7, 11) is 0. The van der Waals surface area contributed by atoms with Gasteiger partial charge in [0.15, 0.2) is 0 Å². The molecule has 1 heterocycles. The zero-order valence-corrected chi connectivity index (χ0v) is 8.01. The van der Waals surface area contributed by atoms with Crippen LogP contribution in [0.4, 0.5) is 0 Å². The first-order chi connectivity index (χ1) is 5.74. The maximum atomic E-state index is 7.69. The van der Waals surface area contributed by atoms with Gasteiger partial charge in [-0.15, -0.1) is 0 Å². The van der Waals surface area contributed by atoms with E-state index >= 15 is 0 Å². The van der Waals surface area contributed by atoms with E-state index in [0.29, 0.717) is 5.84 Å². The van der Waals surface area contributed by atoms with E-state index in [-0.39, 0.29) is 0 Å². The van der Waals surface area contributed by atoms with Crippen molar-refractivity contribution >= 4 is 5.84 Å². The van der Waals surface area contributed by atoms with Crippen LogP contribution in [0.2, 0.25) is 0 Å². The van der Waals surface area contributed by atoms with Crippen LogP contribution in [0.5, 0.6) is 0 Å². The third-order valence-electron chi connectivity index (χ3n) is 2.45. The van der Waals surface area contributed by atoms with Crippen LogP contribution in [0.15, 0.2) is 12.2 Å². The molecule has 68 valence electrons. The van der Waals surface area contributed by atoms with Gasteiger partial charge in [-0.2, -0.15) is 0 Å². The van der Waals surface area contributed by atoms with Gasteiger partial charge in [-0.1, -0.05) is 13.0 Å². The van der Waals surface area contributed by atoms with Crippen molar-refractivity contribution in [3.63, 3.8) is 0 Å². The van der Waals surface area contributed by atoms with Gasteiger partial charge in [0.1, 0.15) is 5.84 Å². The number of hydrogen-bond acceptors (Lipinski definition) is 1. The van der Waals surface area contributed by atoms with Crippen LogP contribution in [0.3, 0.4) is 0 Å². The van der Waals surface area contributed by atoms with Crippen molar-refractivity contribution in [1.29, 1.82) is 5.41 Å². The van der Waals surface area contributed by atoms with Crippen LogP contribution >= 0.6 is 0 Å². The molecule has 0 amide bonds. The molecule has 0 aliphatic carbocycles. The van der Waals surface area contributed by atoms with Crippen LogP contribution < -0.4 is 0 Å². The third-order valence-corrected chi connectivity index (χ3v) is 2.45. The lowest BCUT2D eigenvalue weighted by molar-refractivity contribution is 0.280. The number of piperidine rings is 1. The highest BCUT2D eigenvalue weighted by Crippen LogP contribution is 2.15. The smallest absolute Gasteiger partial charge is 0.120 e. The largest absolute Gasteiger partial charge is 0.357 e. The van der Waals surface area contributed by atoms with Gasteiger partial charge >= 0.3 is 0 Å². The Morgan fingerprint density at radius 3 is 2.50 bits per heavy atom.